The van der Waals surface area contributed by atoms with E-state index in [1.807, 2.05) is 0 Å². The standard InChI is InChI=1S/C17H13F2NO5/c18-11-3-14-13(22-8-23-14)1-9(11)5-20-6-17-24-15-2-10(7-21)12(19)4-16(15)25-17/h1-4,7,17,20H,5-6,8H2. The molecule has 0 spiro atoms. The molecule has 0 saturated carbocycles. The normalized spacial score (nSPS) is 17.0. The second kappa shape index (κ2) is 6.21. The Morgan fingerprint density at radius 2 is 1.68 bits per heavy atom. The molecule has 2 aromatic carbocycles. The summed E-state index contributed by atoms with van der Waals surface area (Å²) < 4.78 is 48.8. The molecule has 2 aliphatic heterocycles. The monoisotopic (exact) mass is 349 g/mol. The molecule has 1 unspecified atom stereocenters. The number of carbonyl (C=O) groups excluding carboxylic acids is 1. The van der Waals surface area contributed by atoms with Gasteiger partial charge in [-0.2, -0.15) is 0 Å². The molecule has 25 heavy (non-hydrogen) atoms. The zero-order valence-electron chi connectivity index (χ0n) is 12.9. The number of ether oxygens (including phenoxy) is 4. The van der Waals surface area contributed by atoms with Gasteiger partial charge in [0.2, 0.25) is 6.79 Å². The number of benzene rings is 2. The Bertz CT molecular complexity index is 842. The van der Waals surface area contributed by atoms with Crippen molar-refractivity contribution in [3.8, 4) is 23.0 Å². The number of hydrogen-bond donors (Lipinski definition) is 1. The van der Waals surface area contributed by atoms with Gasteiger partial charge in [-0.05, 0) is 12.1 Å². The smallest absolute Gasteiger partial charge is 0.253 e. The van der Waals surface area contributed by atoms with Crippen molar-refractivity contribution < 1.29 is 32.5 Å². The number of hydrogen-bond acceptors (Lipinski definition) is 6. The first-order valence-electron chi connectivity index (χ1n) is 7.55. The van der Waals surface area contributed by atoms with Crippen LogP contribution in [0.25, 0.3) is 0 Å². The fraction of sp³-hybridized carbons (Fsp3) is 0.235. The van der Waals surface area contributed by atoms with Crippen LogP contribution in [-0.2, 0) is 6.54 Å². The van der Waals surface area contributed by atoms with Crippen LogP contribution in [0.1, 0.15) is 15.9 Å². The Kier molecular flexibility index (Phi) is 3.89. The van der Waals surface area contributed by atoms with Crippen LogP contribution >= 0.6 is 0 Å². The van der Waals surface area contributed by atoms with Gasteiger partial charge in [-0.25, -0.2) is 8.78 Å². The Morgan fingerprint density at radius 1 is 1.00 bits per heavy atom. The average Bonchev–Trinajstić information content (AvgIpc) is 3.19. The first-order chi connectivity index (χ1) is 12.1. The summed E-state index contributed by atoms with van der Waals surface area (Å²) in [6.07, 6.45) is -0.291. The predicted molar refractivity (Wildman–Crippen MR) is 81.1 cm³/mol. The average molecular weight is 349 g/mol. The van der Waals surface area contributed by atoms with Crippen LogP contribution in [0.5, 0.6) is 23.0 Å². The molecule has 6 nitrogen and oxygen atoms in total. The number of carbonyl (C=O) groups is 1. The molecular formula is C17H13F2NO5. The third-order valence-corrected chi connectivity index (χ3v) is 3.87. The van der Waals surface area contributed by atoms with Crippen molar-refractivity contribution in [3.63, 3.8) is 0 Å². The van der Waals surface area contributed by atoms with Crippen molar-refractivity contribution >= 4 is 6.29 Å². The summed E-state index contributed by atoms with van der Waals surface area (Å²) in [6.45, 7) is 0.531. The van der Waals surface area contributed by atoms with Crippen LogP contribution in [0, 0.1) is 11.6 Å². The molecule has 8 heteroatoms. The maximum Gasteiger partial charge on any atom is 0.253 e. The van der Waals surface area contributed by atoms with E-state index in [-0.39, 0.29) is 31.2 Å². The summed E-state index contributed by atoms with van der Waals surface area (Å²) in [4.78, 5) is 10.7. The highest BCUT2D eigenvalue weighted by molar-refractivity contribution is 5.77. The topological polar surface area (TPSA) is 66.0 Å². The van der Waals surface area contributed by atoms with Crippen molar-refractivity contribution in [1.29, 1.82) is 0 Å². The molecular weight excluding hydrogens is 336 g/mol. The molecule has 0 saturated heterocycles. The van der Waals surface area contributed by atoms with Gasteiger partial charge in [0.05, 0.1) is 12.1 Å². The van der Waals surface area contributed by atoms with Gasteiger partial charge < -0.3 is 24.3 Å². The molecule has 1 N–H and O–H groups in total. The lowest BCUT2D eigenvalue weighted by atomic mass is 10.2. The fourth-order valence-corrected chi connectivity index (χ4v) is 2.64. The van der Waals surface area contributed by atoms with Crippen LogP contribution in [0.4, 0.5) is 8.78 Å². The van der Waals surface area contributed by atoms with Crippen molar-refractivity contribution in [2.45, 2.75) is 12.8 Å². The van der Waals surface area contributed by atoms with E-state index < -0.39 is 17.9 Å². The molecule has 2 heterocycles. The molecule has 2 aromatic rings. The highest BCUT2D eigenvalue weighted by Crippen LogP contribution is 2.36. The van der Waals surface area contributed by atoms with Crippen LogP contribution in [0.2, 0.25) is 0 Å². The molecule has 2 aliphatic rings. The molecule has 0 fully saturated rings. The Labute approximate surface area is 141 Å². The zero-order valence-corrected chi connectivity index (χ0v) is 12.9. The number of rotatable bonds is 5. The van der Waals surface area contributed by atoms with E-state index >= 15 is 0 Å². The molecule has 130 valence electrons. The van der Waals surface area contributed by atoms with E-state index in [2.05, 4.69) is 5.32 Å². The van der Waals surface area contributed by atoms with Gasteiger partial charge in [-0.3, -0.25) is 4.79 Å². The summed E-state index contributed by atoms with van der Waals surface area (Å²) in [7, 11) is 0. The maximum atomic E-state index is 14.0. The first-order valence-corrected chi connectivity index (χ1v) is 7.55. The fourth-order valence-electron chi connectivity index (χ4n) is 2.64. The zero-order chi connectivity index (χ0) is 17.4. The second-order valence-corrected chi connectivity index (χ2v) is 5.53. The van der Waals surface area contributed by atoms with Crippen molar-refractivity contribution in [2.24, 2.45) is 0 Å². The lowest BCUT2D eigenvalue weighted by Gasteiger charge is -2.12. The molecule has 4 rings (SSSR count). The van der Waals surface area contributed by atoms with Gasteiger partial charge in [0.15, 0.2) is 29.3 Å². The third kappa shape index (κ3) is 2.96. The molecule has 0 aromatic heterocycles. The van der Waals surface area contributed by atoms with E-state index in [1.165, 1.54) is 12.1 Å². The van der Waals surface area contributed by atoms with Gasteiger partial charge in [0, 0.05) is 24.2 Å². The highest BCUT2D eigenvalue weighted by Gasteiger charge is 2.26. The van der Waals surface area contributed by atoms with Crippen molar-refractivity contribution in [1.82, 2.24) is 5.32 Å². The lowest BCUT2D eigenvalue weighted by molar-refractivity contribution is 0.0494. The second-order valence-electron chi connectivity index (χ2n) is 5.53. The van der Waals surface area contributed by atoms with Gasteiger partial charge in [0.25, 0.3) is 6.29 Å². The van der Waals surface area contributed by atoms with Gasteiger partial charge in [-0.1, -0.05) is 0 Å². The Balaban J connectivity index is 1.36. The first kappa shape index (κ1) is 15.6. The highest BCUT2D eigenvalue weighted by atomic mass is 19.1. The largest absolute Gasteiger partial charge is 0.454 e. The van der Waals surface area contributed by atoms with Crippen LogP contribution in [0.15, 0.2) is 24.3 Å². The van der Waals surface area contributed by atoms with Crippen molar-refractivity contribution in [3.05, 3.63) is 47.0 Å². The van der Waals surface area contributed by atoms with Gasteiger partial charge in [0.1, 0.15) is 11.6 Å². The summed E-state index contributed by atoms with van der Waals surface area (Å²) >= 11 is 0. The SMILES string of the molecule is O=Cc1cc2c(cc1F)OC(CNCc1cc3c(cc1F)OCO3)O2. The summed E-state index contributed by atoms with van der Waals surface area (Å²) in [5.41, 5.74) is 0.312. The third-order valence-electron chi connectivity index (χ3n) is 3.87. The summed E-state index contributed by atoms with van der Waals surface area (Å²) in [6, 6.07) is 5.24. The van der Waals surface area contributed by atoms with E-state index in [9.17, 15) is 13.6 Å². The number of halogens is 2. The van der Waals surface area contributed by atoms with Crippen LogP contribution in [-0.4, -0.2) is 25.9 Å². The molecule has 0 radical (unpaired) electrons. The van der Waals surface area contributed by atoms with Crippen molar-refractivity contribution in [2.75, 3.05) is 13.3 Å². The van der Waals surface area contributed by atoms with E-state index in [4.69, 9.17) is 18.9 Å². The number of aldehydes is 1. The molecule has 0 amide bonds. The Hall–Kier alpha value is -2.87. The van der Waals surface area contributed by atoms with Crippen LogP contribution in [0.3, 0.4) is 0 Å². The molecule has 1 atom stereocenters. The summed E-state index contributed by atoms with van der Waals surface area (Å²) in [5.74, 6) is 0.316. The number of nitrogens with one attached hydrogen (secondary N) is 1. The minimum atomic E-state index is -0.701. The maximum absolute atomic E-state index is 14.0. The number of fused-ring (bicyclic) bond motifs is 2. The minimum absolute atomic E-state index is 0.0764. The lowest BCUT2D eigenvalue weighted by Crippen LogP contribution is -2.32. The minimum Gasteiger partial charge on any atom is -0.454 e. The summed E-state index contributed by atoms with van der Waals surface area (Å²) in [5, 5.41) is 3.00. The quantitative estimate of drug-likeness (QED) is 0.836. The van der Waals surface area contributed by atoms with Gasteiger partial charge in [-0.15, -0.1) is 0 Å². The molecule has 0 bridgehead atoms. The van der Waals surface area contributed by atoms with Crippen LogP contribution < -0.4 is 24.3 Å². The van der Waals surface area contributed by atoms with E-state index in [0.29, 0.717) is 29.1 Å². The molecule has 0 aliphatic carbocycles. The Morgan fingerprint density at radius 3 is 2.44 bits per heavy atom. The predicted octanol–water partition coefficient (Wildman–Crippen LogP) is 2.39. The van der Waals surface area contributed by atoms with E-state index in [1.54, 1.807) is 6.07 Å². The van der Waals surface area contributed by atoms with E-state index in [0.717, 1.165) is 6.07 Å². The van der Waals surface area contributed by atoms with Gasteiger partial charge >= 0.3 is 0 Å².